The lowest BCUT2D eigenvalue weighted by molar-refractivity contribution is -0.140. The number of nitrogens with one attached hydrogen (secondary N) is 1. The molecule has 0 saturated carbocycles. The zero-order valence-corrected chi connectivity index (χ0v) is 8.98. The molecule has 0 spiro atoms. The smallest absolute Gasteiger partial charge is 0.312 e. The average molecular weight is 221 g/mol. The molecule has 0 aliphatic carbocycles. The summed E-state index contributed by atoms with van der Waals surface area (Å²) in [5, 5.41) is 10.9. The van der Waals surface area contributed by atoms with Gasteiger partial charge in [-0.15, -0.1) is 0 Å². The van der Waals surface area contributed by atoms with E-state index in [1.807, 2.05) is 30.3 Å². The van der Waals surface area contributed by atoms with Crippen molar-refractivity contribution in [2.24, 2.45) is 0 Å². The number of rotatable bonds is 6. The third-order valence-corrected chi connectivity index (χ3v) is 2.12. The number of aryl methyl sites for hydroxylation is 1. The normalized spacial score (nSPS) is 9.75. The van der Waals surface area contributed by atoms with Crippen LogP contribution >= 0.6 is 0 Å². The zero-order chi connectivity index (χ0) is 11.8. The van der Waals surface area contributed by atoms with Crippen LogP contribution in [0, 0.1) is 0 Å². The van der Waals surface area contributed by atoms with Crippen LogP contribution in [0.25, 0.3) is 0 Å². The molecule has 0 unspecified atom stereocenters. The minimum atomic E-state index is -1.10. The summed E-state index contributed by atoms with van der Waals surface area (Å²) >= 11 is 0. The maximum Gasteiger partial charge on any atom is 0.312 e. The maximum absolute atomic E-state index is 11.0. The molecule has 86 valence electrons. The first kappa shape index (κ1) is 12.2. The van der Waals surface area contributed by atoms with Crippen LogP contribution in [-0.2, 0) is 16.0 Å². The fourth-order valence-electron chi connectivity index (χ4n) is 1.36. The predicted molar refractivity (Wildman–Crippen MR) is 60.0 cm³/mol. The molecule has 16 heavy (non-hydrogen) atoms. The monoisotopic (exact) mass is 221 g/mol. The number of amides is 1. The number of carbonyl (C=O) groups is 2. The minimum absolute atomic E-state index is 0.430. The Morgan fingerprint density at radius 3 is 2.50 bits per heavy atom. The number of hydrogen-bond acceptors (Lipinski definition) is 2. The first-order chi connectivity index (χ1) is 7.68. The zero-order valence-electron chi connectivity index (χ0n) is 8.98. The molecule has 1 aromatic rings. The molecule has 1 amide bonds. The first-order valence-electron chi connectivity index (χ1n) is 5.21. The van der Waals surface area contributed by atoms with E-state index in [0.717, 1.165) is 12.8 Å². The summed E-state index contributed by atoms with van der Waals surface area (Å²) in [7, 11) is 0. The van der Waals surface area contributed by atoms with Crippen LogP contribution in [0.1, 0.15) is 18.4 Å². The maximum atomic E-state index is 11.0. The predicted octanol–water partition coefficient (Wildman–Crippen LogP) is 1.21. The molecule has 0 aliphatic rings. The second-order valence-corrected chi connectivity index (χ2v) is 3.51. The first-order valence-corrected chi connectivity index (χ1v) is 5.21. The number of aliphatic carboxylic acids is 1. The molecule has 0 heterocycles. The van der Waals surface area contributed by atoms with Crippen molar-refractivity contribution >= 4 is 11.9 Å². The molecule has 1 rings (SSSR count). The summed E-state index contributed by atoms with van der Waals surface area (Å²) in [6.45, 7) is 0.515. The van der Waals surface area contributed by atoms with Gasteiger partial charge >= 0.3 is 5.97 Å². The minimum Gasteiger partial charge on any atom is -0.481 e. The molecule has 0 saturated heterocycles. The molecule has 4 heteroatoms. The van der Waals surface area contributed by atoms with Crippen molar-refractivity contribution in [2.75, 3.05) is 6.54 Å². The van der Waals surface area contributed by atoms with Crippen molar-refractivity contribution in [1.82, 2.24) is 5.32 Å². The standard InChI is InChI=1S/C12H15NO3/c14-11(9-12(15)16)13-8-4-7-10-5-2-1-3-6-10/h1-3,5-6H,4,7-9H2,(H,13,14)(H,15,16). The van der Waals surface area contributed by atoms with Crippen LogP contribution in [0.5, 0.6) is 0 Å². The number of carboxylic acids is 1. The summed E-state index contributed by atoms with van der Waals surface area (Å²) in [5.41, 5.74) is 1.22. The Morgan fingerprint density at radius 2 is 1.88 bits per heavy atom. The van der Waals surface area contributed by atoms with Gasteiger partial charge in [-0.25, -0.2) is 0 Å². The van der Waals surface area contributed by atoms with Gasteiger partial charge in [-0.05, 0) is 18.4 Å². The Hall–Kier alpha value is -1.84. The van der Waals surface area contributed by atoms with Gasteiger partial charge in [0.15, 0.2) is 0 Å². The molecule has 0 aliphatic heterocycles. The fraction of sp³-hybridized carbons (Fsp3) is 0.333. The molecule has 0 radical (unpaired) electrons. The van der Waals surface area contributed by atoms with Crippen LogP contribution in [0.15, 0.2) is 30.3 Å². The van der Waals surface area contributed by atoms with E-state index in [2.05, 4.69) is 5.32 Å². The highest BCUT2D eigenvalue weighted by atomic mass is 16.4. The largest absolute Gasteiger partial charge is 0.481 e. The molecule has 1 aromatic carbocycles. The van der Waals surface area contributed by atoms with E-state index in [0.29, 0.717) is 6.54 Å². The van der Waals surface area contributed by atoms with Gasteiger partial charge in [0.2, 0.25) is 5.91 Å². The van der Waals surface area contributed by atoms with E-state index < -0.39 is 18.3 Å². The number of carbonyl (C=O) groups excluding carboxylic acids is 1. The number of carboxylic acid groups (broad SMARTS) is 1. The molecule has 4 nitrogen and oxygen atoms in total. The van der Waals surface area contributed by atoms with Crippen molar-refractivity contribution in [1.29, 1.82) is 0 Å². The van der Waals surface area contributed by atoms with Crippen LogP contribution in [-0.4, -0.2) is 23.5 Å². The third-order valence-electron chi connectivity index (χ3n) is 2.12. The number of benzene rings is 1. The summed E-state index contributed by atoms with van der Waals surface area (Å²) in [6.07, 6.45) is 1.24. The summed E-state index contributed by atoms with van der Waals surface area (Å²) < 4.78 is 0. The fourth-order valence-corrected chi connectivity index (χ4v) is 1.36. The summed E-state index contributed by atoms with van der Waals surface area (Å²) in [4.78, 5) is 21.2. The quantitative estimate of drug-likeness (QED) is 0.560. The van der Waals surface area contributed by atoms with Crippen molar-refractivity contribution in [2.45, 2.75) is 19.3 Å². The van der Waals surface area contributed by atoms with Gasteiger partial charge in [0.1, 0.15) is 6.42 Å². The third kappa shape index (κ3) is 5.14. The van der Waals surface area contributed by atoms with Gasteiger partial charge in [-0.2, -0.15) is 0 Å². The number of hydrogen-bond donors (Lipinski definition) is 2. The van der Waals surface area contributed by atoms with Crippen LogP contribution in [0.2, 0.25) is 0 Å². The lowest BCUT2D eigenvalue weighted by atomic mass is 10.1. The molecule has 0 fully saturated rings. The Kier molecular flexibility index (Phi) is 5.05. The van der Waals surface area contributed by atoms with Crippen molar-refractivity contribution in [3.05, 3.63) is 35.9 Å². The average Bonchev–Trinajstić information content (AvgIpc) is 2.25. The van der Waals surface area contributed by atoms with Gasteiger partial charge in [-0.3, -0.25) is 9.59 Å². The highest BCUT2D eigenvalue weighted by Gasteiger charge is 2.05. The summed E-state index contributed by atoms with van der Waals surface area (Å²) in [5.74, 6) is -1.53. The molecule has 0 aromatic heterocycles. The van der Waals surface area contributed by atoms with E-state index >= 15 is 0 Å². The summed E-state index contributed by atoms with van der Waals surface area (Å²) in [6, 6.07) is 9.95. The van der Waals surface area contributed by atoms with Crippen LogP contribution in [0.3, 0.4) is 0 Å². The Balaban J connectivity index is 2.13. The Labute approximate surface area is 94.3 Å². The molecular formula is C12H15NO3. The Morgan fingerprint density at radius 1 is 1.19 bits per heavy atom. The van der Waals surface area contributed by atoms with E-state index in [1.165, 1.54) is 5.56 Å². The molecule has 2 N–H and O–H groups in total. The van der Waals surface area contributed by atoms with Gasteiger partial charge in [0.05, 0.1) is 0 Å². The van der Waals surface area contributed by atoms with Gasteiger partial charge < -0.3 is 10.4 Å². The molecule has 0 bridgehead atoms. The van der Waals surface area contributed by atoms with Crippen LogP contribution < -0.4 is 5.32 Å². The van der Waals surface area contributed by atoms with E-state index in [9.17, 15) is 9.59 Å². The van der Waals surface area contributed by atoms with E-state index in [-0.39, 0.29) is 0 Å². The topological polar surface area (TPSA) is 66.4 Å². The van der Waals surface area contributed by atoms with Gasteiger partial charge in [0, 0.05) is 6.54 Å². The Bertz CT molecular complexity index is 349. The second-order valence-electron chi connectivity index (χ2n) is 3.51. The van der Waals surface area contributed by atoms with Crippen molar-refractivity contribution in [3.63, 3.8) is 0 Å². The van der Waals surface area contributed by atoms with E-state index in [1.54, 1.807) is 0 Å². The van der Waals surface area contributed by atoms with Crippen molar-refractivity contribution in [3.8, 4) is 0 Å². The van der Waals surface area contributed by atoms with E-state index in [4.69, 9.17) is 5.11 Å². The highest BCUT2D eigenvalue weighted by molar-refractivity contribution is 5.93. The van der Waals surface area contributed by atoms with Gasteiger partial charge in [0.25, 0.3) is 0 Å². The second kappa shape index (κ2) is 6.61. The lowest BCUT2D eigenvalue weighted by Crippen LogP contribution is -2.26. The van der Waals surface area contributed by atoms with Gasteiger partial charge in [-0.1, -0.05) is 30.3 Å². The lowest BCUT2D eigenvalue weighted by Gasteiger charge is -2.03. The SMILES string of the molecule is O=C(O)CC(=O)NCCCc1ccccc1. The molecular weight excluding hydrogens is 206 g/mol. The van der Waals surface area contributed by atoms with Crippen molar-refractivity contribution < 1.29 is 14.7 Å². The van der Waals surface area contributed by atoms with Crippen LogP contribution in [0.4, 0.5) is 0 Å². The molecule has 0 atom stereocenters. The highest BCUT2D eigenvalue weighted by Crippen LogP contribution is 2.01.